The van der Waals surface area contributed by atoms with E-state index in [9.17, 15) is 0 Å². The van der Waals surface area contributed by atoms with Crippen LogP contribution in [0.2, 0.25) is 0 Å². The molecule has 0 aliphatic carbocycles. The molecular formula is C13H21BrN4. The van der Waals surface area contributed by atoms with Crippen LogP contribution in [0.3, 0.4) is 0 Å². The van der Waals surface area contributed by atoms with Crippen molar-refractivity contribution in [2.45, 2.75) is 25.8 Å². The molecule has 1 aromatic carbocycles. The first-order chi connectivity index (χ1) is 8.66. The summed E-state index contributed by atoms with van der Waals surface area (Å²) in [5.41, 5.74) is 14.2. The van der Waals surface area contributed by atoms with Crippen LogP contribution in [0.4, 0.5) is 11.4 Å². The molecule has 18 heavy (non-hydrogen) atoms. The van der Waals surface area contributed by atoms with E-state index in [-0.39, 0.29) is 0 Å². The molecule has 0 bridgehead atoms. The highest BCUT2D eigenvalue weighted by Gasteiger charge is 2.21. The Balaban J connectivity index is 1.73. The molecule has 100 valence electrons. The second kappa shape index (κ2) is 6.41. The summed E-state index contributed by atoms with van der Waals surface area (Å²) in [6.45, 7) is 4.26. The van der Waals surface area contributed by atoms with E-state index in [1.165, 1.54) is 6.42 Å². The molecule has 1 fully saturated rings. The maximum atomic E-state index is 5.91. The monoisotopic (exact) mass is 312 g/mol. The number of hydrogen-bond acceptors (Lipinski definition) is 4. The Morgan fingerprint density at radius 3 is 3.06 bits per heavy atom. The van der Waals surface area contributed by atoms with E-state index in [0.29, 0.717) is 6.04 Å². The van der Waals surface area contributed by atoms with Gasteiger partial charge in [-0.1, -0.05) is 15.9 Å². The fourth-order valence-electron chi connectivity index (χ4n) is 2.27. The van der Waals surface area contributed by atoms with Gasteiger partial charge in [0, 0.05) is 23.6 Å². The summed E-state index contributed by atoms with van der Waals surface area (Å²) >= 11 is 3.45. The average Bonchev–Trinajstić information content (AvgIpc) is 2.75. The standard InChI is InChI=1S/C13H21BrN4/c1-9-10(8-17-18-9)3-2-6-16-13-7-11(14)4-5-12(13)15/h4-5,7,9-10,16-18H,2-3,6,8,15H2,1H3. The SMILES string of the molecule is CC1NNCC1CCCNc1cc(Br)ccc1N. The first-order valence-corrected chi connectivity index (χ1v) is 7.23. The van der Waals surface area contributed by atoms with Crippen LogP contribution >= 0.6 is 15.9 Å². The smallest absolute Gasteiger partial charge is 0.0585 e. The van der Waals surface area contributed by atoms with Gasteiger partial charge >= 0.3 is 0 Å². The van der Waals surface area contributed by atoms with Crippen LogP contribution in [0.5, 0.6) is 0 Å². The fourth-order valence-corrected chi connectivity index (χ4v) is 2.63. The highest BCUT2D eigenvalue weighted by molar-refractivity contribution is 9.10. The van der Waals surface area contributed by atoms with Crippen molar-refractivity contribution in [1.29, 1.82) is 0 Å². The van der Waals surface area contributed by atoms with Crippen molar-refractivity contribution in [2.75, 3.05) is 24.1 Å². The third-order valence-corrected chi connectivity index (χ3v) is 3.98. The molecule has 1 aliphatic heterocycles. The van der Waals surface area contributed by atoms with Gasteiger partial charge in [0.2, 0.25) is 0 Å². The minimum Gasteiger partial charge on any atom is -0.397 e. The van der Waals surface area contributed by atoms with Gasteiger partial charge in [-0.25, -0.2) is 0 Å². The van der Waals surface area contributed by atoms with Crippen LogP contribution in [0, 0.1) is 5.92 Å². The van der Waals surface area contributed by atoms with Gasteiger partial charge in [0.05, 0.1) is 11.4 Å². The lowest BCUT2D eigenvalue weighted by molar-refractivity contribution is 0.452. The number of hydrazine groups is 1. The van der Waals surface area contributed by atoms with E-state index in [2.05, 4.69) is 39.0 Å². The number of halogens is 1. The third kappa shape index (κ3) is 3.60. The summed E-state index contributed by atoms with van der Waals surface area (Å²) in [6.07, 6.45) is 2.38. The molecule has 0 saturated carbocycles. The molecule has 5 N–H and O–H groups in total. The average molecular weight is 313 g/mol. The fraction of sp³-hybridized carbons (Fsp3) is 0.538. The van der Waals surface area contributed by atoms with Crippen LogP contribution in [0.1, 0.15) is 19.8 Å². The molecule has 2 atom stereocenters. The third-order valence-electron chi connectivity index (χ3n) is 3.48. The minimum atomic E-state index is 0.570. The first kappa shape index (κ1) is 13.6. The molecule has 5 heteroatoms. The number of nitrogen functional groups attached to an aromatic ring is 1. The van der Waals surface area contributed by atoms with Gasteiger partial charge in [0.1, 0.15) is 0 Å². The van der Waals surface area contributed by atoms with Crippen LogP contribution < -0.4 is 21.9 Å². The largest absolute Gasteiger partial charge is 0.397 e. The lowest BCUT2D eigenvalue weighted by Crippen LogP contribution is -2.28. The molecule has 4 nitrogen and oxygen atoms in total. The van der Waals surface area contributed by atoms with Gasteiger partial charge in [0.15, 0.2) is 0 Å². The molecule has 2 rings (SSSR count). The Hall–Kier alpha value is -0.780. The van der Waals surface area contributed by atoms with Gasteiger partial charge in [-0.05, 0) is 43.9 Å². The number of rotatable bonds is 5. The molecule has 1 aromatic rings. The summed E-state index contributed by atoms with van der Waals surface area (Å²) in [5, 5.41) is 3.40. The zero-order valence-corrected chi connectivity index (χ0v) is 12.3. The summed E-state index contributed by atoms with van der Waals surface area (Å²) in [5.74, 6) is 0.728. The van der Waals surface area contributed by atoms with Gasteiger partial charge < -0.3 is 11.1 Å². The van der Waals surface area contributed by atoms with Gasteiger partial charge in [-0.3, -0.25) is 10.9 Å². The zero-order valence-electron chi connectivity index (χ0n) is 10.7. The van der Waals surface area contributed by atoms with Crippen LogP contribution in [-0.4, -0.2) is 19.1 Å². The molecule has 0 amide bonds. The topological polar surface area (TPSA) is 62.1 Å². The Morgan fingerprint density at radius 2 is 2.33 bits per heavy atom. The van der Waals surface area contributed by atoms with Crippen molar-refractivity contribution in [3.63, 3.8) is 0 Å². The summed E-state index contributed by atoms with van der Waals surface area (Å²) in [4.78, 5) is 0. The maximum absolute atomic E-state index is 5.91. The van der Waals surface area contributed by atoms with Crippen molar-refractivity contribution in [3.05, 3.63) is 22.7 Å². The number of nitrogens with two attached hydrogens (primary N) is 1. The van der Waals surface area contributed by atoms with Gasteiger partial charge in [-0.2, -0.15) is 0 Å². The maximum Gasteiger partial charge on any atom is 0.0585 e. The number of benzene rings is 1. The summed E-state index contributed by atoms with van der Waals surface area (Å²) in [7, 11) is 0. The zero-order chi connectivity index (χ0) is 13.0. The van der Waals surface area contributed by atoms with Crippen LogP contribution in [0.15, 0.2) is 22.7 Å². The normalized spacial score (nSPS) is 23.2. The number of nitrogens with one attached hydrogen (secondary N) is 3. The second-order valence-electron chi connectivity index (χ2n) is 4.87. The van der Waals surface area contributed by atoms with Gasteiger partial charge in [0.25, 0.3) is 0 Å². The van der Waals surface area contributed by atoms with Crippen LogP contribution in [-0.2, 0) is 0 Å². The predicted molar refractivity (Wildman–Crippen MR) is 80.4 cm³/mol. The molecule has 1 saturated heterocycles. The minimum absolute atomic E-state index is 0.570. The van der Waals surface area contributed by atoms with Crippen molar-refractivity contribution in [2.24, 2.45) is 5.92 Å². The molecule has 1 heterocycles. The Labute approximate surface area is 117 Å². The Bertz CT molecular complexity index is 397. The molecule has 2 unspecified atom stereocenters. The van der Waals surface area contributed by atoms with Crippen LogP contribution in [0.25, 0.3) is 0 Å². The molecule has 0 radical (unpaired) electrons. The second-order valence-corrected chi connectivity index (χ2v) is 5.79. The lowest BCUT2D eigenvalue weighted by atomic mass is 9.98. The molecule has 0 aromatic heterocycles. The van der Waals surface area contributed by atoms with Gasteiger partial charge in [-0.15, -0.1) is 0 Å². The Morgan fingerprint density at radius 1 is 1.50 bits per heavy atom. The molecule has 0 spiro atoms. The molecular weight excluding hydrogens is 292 g/mol. The lowest BCUT2D eigenvalue weighted by Gasteiger charge is -2.14. The quantitative estimate of drug-likeness (QED) is 0.498. The first-order valence-electron chi connectivity index (χ1n) is 6.44. The predicted octanol–water partition coefficient (Wildman–Crippen LogP) is 2.34. The van der Waals surface area contributed by atoms with E-state index in [0.717, 1.165) is 41.3 Å². The van der Waals surface area contributed by atoms with Crippen molar-refractivity contribution >= 4 is 27.3 Å². The van der Waals surface area contributed by atoms with Crippen molar-refractivity contribution < 1.29 is 0 Å². The number of anilines is 2. The van der Waals surface area contributed by atoms with E-state index >= 15 is 0 Å². The van der Waals surface area contributed by atoms with Crippen molar-refractivity contribution in [3.8, 4) is 0 Å². The highest BCUT2D eigenvalue weighted by atomic mass is 79.9. The molecule has 1 aliphatic rings. The Kier molecular flexibility index (Phi) is 4.86. The van der Waals surface area contributed by atoms with E-state index < -0.39 is 0 Å². The summed E-state index contributed by atoms with van der Waals surface area (Å²) < 4.78 is 1.05. The number of hydrogen-bond donors (Lipinski definition) is 4. The van der Waals surface area contributed by atoms with E-state index in [1.54, 1.807) is 0 Å². The highest BCUT2D eigenvalue weighted by Crippen LogP contribution is 2.23. The van der Waals surface area contributed by atoms with E-state index in [1.807, 2.05) is 18.2 Å². The summed E-state index contributed by atoms with van der Waals surface area (Å²) in [6, 6.07) is 6.47. The van der Waals surface area contributed by atoms with Crippen molar-refractivity contribution in [1.82, 2.24) is 10.9 Å². The van der Waals surface area contributed by atoms with E-state index in [4.69, 9.17) is 5.73 Å².